The van der Waals surface area contributed by atoms with Gasteiger partial charge in [0.05, 0.1) is 34.4 Å². The molecule has 170 valence electrons. The van der Waals surface area contributed by atoms with Crippen molar-refractivity contribution in [3.8, 4) is 5.69 Å². The molecule has 0 aliphatic carbocycles. The van der Waals surface area contributed by atoms with Crippen LogP contribution in [0, 0.1) is 4.77 Å². The monoisotopic (exact) mass is 503 g/mol. The lowest BCUT2D eigenvalue weighted by Gasteiger charge is -2.29. The summed E-state index contributed by atoms with van der Waals surface area (Å²) in [5.41, 5.74) is 2.26. The fourth-order valence-corrected chi connectivity index (χ4v) is 4.32. The van der Waals surface area contributed by atoms with Gasteiger partial charge in [-0.3, -0.25) is 14.2 Å². The van der Waals surface area contributed by atoms with E-state index in [9.17, 15) is 14.4 Å². The minimum absolute atomic E-state index is 0.200. The minimum atomic E-state index is -0.432. The molecule has 0 unspecified atom stereocenters. The number of hydrogen-bond donors (Lipinski definition) is 1. The van der Waals surface area contributed by atoms with E-state index in [1.54, 1.807) is 48.2 Å². The summed E-state index contributed by atoms with van der Waals surface area (Å²) in [6.45, 7) is 2.60. The molecule has 2 aromatic carbocycles. The molecular formula is C23H19Cl2N3O4S. The molecule has 0 fully saturated rings. The van der Waals surface area contributed by atoms with Crippen LogP contribution in [0.5, 0.6) is 0 Å². The Labute approximate surface area is 204 Å². The number of nitrogens with one attached hydrogen (secondary N) is 1. The van der Waals surface area contributed by atoms with Crippen molar-refractivity contribution < 1.29 is 14.3 Å². The van der Waals surface area contributed by atoms with Crippen molar-refractivity contribution >= 4 is 47.3 Å². The third-order valence-corrected chi connectivity index (χ3v) is 6.38. The average Bonchev–Trinajstić information content (AvgIpc) is 2.80. The van der Waals surface area contributed by atoms with E-state index >= 15 is 0 Å². The normalized spacial score (nSPS) is 12.9. The predicted octanol–water partition coefficient (Wildman–Crippen LogP) is 4.58. The molecule has 1 aliphatic heterocycles. The lowest BCUT2D eigenvalue weighted by molar-refractivity contribution is 0.0526. The Kier molecular flexibility index (Phi) is 6.69. The number of hydrogen-bond acceptors (Lipinski definition) is 5. The van der Waals surface area contributed by atoms with E-state index in [4.69, 9.17) is 40.2 Å². The Balaban J connectivity index is 1.62. The van der Waals surface area contributed by atoms with Gasteiger partial charge in [-0.2, -0.15) is 0 Å². The van der Waals surface area contributed by atoms with Crippen molar-refractivity contribution in [1.82, 2.24) is 14.5 Å². The van der Waals surface area contributed by atoms with Crippen molar-refractivity contribution in [3.05, 3.63) is 90.0 Å². The molecule has 4 rings (SSSR count). The first-order valence-electron chi connectivity index (χ1n) is 10.2. The molecule has 1 aromatic heterocycles. The summed E-state index contributed by atoms with van der Waals surface area (Å²) in [4.78, 5) is 42.8. The van der Waals surface area contributed by atoms with E-state index < -0.39 is 5.97 Å². The second-order valence-electron chi connectivity index (χ2n) is 7.40. The number of H-pyrrole nitrogens is 1. The molecule has 2 heterocycles. The summed E-state index contributed by atoms with van der Waals surface area (Å²) in [6.07, 6.45) is 0.369. The van der Waals surface area contributed by atoms with Gasteiger partial charge in [0.1, 0.15) is 0 Å². The van der Waals surface area contributed by atoms with Crippen molar-refractivity contribution in [3.63, 3.8) is 0 Å². The molecule has 1 amide bonds. The van der Waals surface area contributed by atoms with Crippen LogP contribution < -0.4 is 5.56 Å². The lowest BCUT2D eigenvalue weighted by Crippen LogP contribution is -2.40. The lowest BCUT2D eigenvalue weighted by atomic mass is 10.0. The third kappa shape index (κ3) is 4.59. The smallest absolute Gasteiger partial charge is 0.338 e. The van der Waals surface area contributed by atoms with E-state index in [-0.39, 0.29) is 29.4 Å². The number of fused-ring (bicyclic) bond motifs is 1. The van der Waals surface area contributed by atoms with Gasteiger partial charge in [0.25, 0.3) is 11.5 Å². The third-order valence-electron chi connectivity index (χ3n) is 5.36. The highest BCUT2D eigenvalue weighted by atomic mass is 35.5. The molecule has 3 aromatic rings. The van der Waals surface area contributed by atoms with Crippen LogP contribution in [0.25, 0.3) is 5.69 Å². The molecule has 0 bridgehead atoms. The van der Waals surface area contributed by atoms with Crippen LogP contribution in [-0.4, -0.2) is 39.5 Å². The van der Waals surface area contributed by atoms with Gasteiger partial charge in [-0.05, 0) is 68.0 Å². The number of carbonyl (C=O) groups is 2. The molecular weight excluding hydrogens is 485 g/mol. The van der Waals surface area contributed by atoms with Gasteiger partial charge in [0.2, 0.25) is 0 Å². The van der Waals surface area contributed by atoms with Crippen LogP contribution in [0.1, 0.15) is 38.9 Å². The van der Waals surface area contributed by atoms with Crippen LogP contribution in [0.15, 0.2) is 47.3 Å². The molecule has 0 saturated heterocycles. The SMILES string of the molecule is CCOC(=O)c1ccc(-n2c(=S)[nH]c3c(c2=O)CCN(C(=O)c2ccc(Cl)c(Cl)c2)C3)cc1. The van der Waals surface area contributed by atoms with E-state index in [2.05, 4.69) is 4.98 Å². The standard InChI is InChI=1S/C23H19Cl2N3O4S/c1-2-32-22(31)13-3-6-15(7-4-13)28-21(30)16-9-10-27(12-19(16)26-23(28)33)20(29)14-5-8-17(24)18(25)11-14/h3-8,11H,2,9-10,12H2,1H3,(H,26,33). The molecule has 0 radical (unpaired) electrons. The zero-order chi connectivity index (χ0) is 23.7. The summed E-state index contributed by atoms with van der Waals surface area (Å²) < 4.78 is 6.58. The maximum atomic E-state index is 13.2. The Morgan fingerprint density at radius 1 is 1.09 bits per heavy atom. The molecule has 10 heteroatoms. The first-order chi connectivity index (χ1) is 15.8. The van der Waals surface area contributed by atoms with E-state index in [0.29, 0.717) is 51.1 Å². The number of benzene rings is 2. The van der Waals surface area contributed by atoms with Gasteiger partial charge in [-0.15, -0.1) is 0 Å². The van der Waals surface area contributed by atoms with Crippen molar-refractivity contribution in [2.24, 2.45) is 0 Å². The minimum Gasteiger partial charge on any atom is -0.462 e. The fourth-order valence-electron chi connectivity index (χ4n) is 3.71. The Bertz CT molecular complexity index is 1370. The van der Waals surface area contributed by atoms with Gasteiger partial charge in [-0.1, -0.05) is 23.2 Å². The second-order valence-corrected chi connectivity index (χ2v) is 8.60. The number of aromatic nitrogens is 2. The Morgan fingerprint density at radius 2 is 1.79 bits per heavy atom. The second kappa shape index (κ2) is 9.51. The van der Waals surface area contributed by atoms with Crippen molar-refractivity contribution in [2.75, 3.05) is 13.2 Å². The highest BCUT2D eigenvalue weighted by Crippen LogP contribution is 2.25. The highest BCUT2D eigenvalue weighted by Gasteiger charge is 2.26. The molecule has 7 nitrogen and oxygen atoms in total. The number of nitrogens with zero attached hydrogens (tertiary/aromatic N) is 2. The maximum Gasteiger partial charge on any atom is 0.338 e. The summed E-state index contributed by atoms with van der Waals surface area (Å²) in [5, 5.41) is 0.674. The number of carbonyl (C=O) groups excluding carboxylic acids is 2. The summed E-state index contributed by atoms with van der Waals surface area (Å²) in [6, 6.07) is 11.2. The van der Waals surface area contributed by atoms with Gasteiger partial charge in [0, 0.05) is 23.4 Å². The van der Waals surface area contributed by atoms with Crippen LogP contribution in [-0.2, 0) is 17.7 Å². The zero-order valence-electron chi connectivity index (χ0n) is 17.6. The van der Waals surface area contributed by atoms with E-state index in [1.807, 2.05) is 0 Å². The van der Waals surface area contributed by atoms with Crippen LogP contribution in [0.3, 0.4) is 0 Å². The highest BCUT2D eigenvalue weighted by molar-refractivity contribution is 7.71. The average molecular weight is 504 g/mol. The Hall–Kier alpha value is -2.94. The zero-order valence-corrected chi connectivity index (χ0v) is 19.9. The number of ether oxygens (including phenoxy) is 1. The van der Waals surface area contributed by atoms with Crippen molar-refractivity contribution in [2.45, 2.75) is 19.9 Å². The van der Waals surface area contributed by atoms with E-state index in [0.717, 1.165) is 0 Å². The first-order valence-corrected chi connectivity index (χ1v) is 11.4. The van der Waals surface area contributed by atoms with E-state index in [1.165, 1.54) is 10.6 Å². The van der Waals surface area contributed by atoms with Crippen molar-refractivity contribution in [1.29, 1.82) is 0 Å². The Morgan fingerprint density at radius 3 is 2.45 bits per heavy atom. The summed E-state index contributed by atoms with van der Waals surface area (Å²) in [5.74, 6) is -0.643. The molecule has 1 N–H and O–H groups in total. The summed E-state index contributed by atoms with van der Waals surface area (Å²) >= 11 is 17.4. The van der Waals surface area contributed by atoms with Crippen LogP contribution >= 0.6 is 35.4 Å². The molecule has 0 saturated carbocycles. The molecule has 0 spiro atoms. The number of amides is 1. The first kappa shape index (κ1) is 23.2. The maximum absolute atomic E-state index is 13.2. The largest absolute Gasteiger partial charge is 0.462 e. The molecule has 33 heavy (non-hydrogen) atoms. The molecule has 1 aliphatic rings. The number of aromatic amines is 1. The quantitative estimate of drug-likeness (QED) is 0.416. The number of rotatable bonds is 4. The topological polar surface area (TPSA) is 84.4 Å². The number of halogens is 2. The van der Waals surface area contributed by atoms with Crippen LogP contribution in [0.2, 0.25) is 10.0 Å². The van der Waals surface area contributed by atoms with Gasteiger partial charge < -0.3 is 14.6 Å². The van der Waals surface area contributed by atoms with Gasteiger partial charge in [0.15, 0.2) is 4.77 Å². The molecule has 0 atom stereocenters. The fraction of sp³-hybridized carbons (Fsp3) is 0.217. The van der Waals surface area contributed by atoms with Gasteiger partial charge >= 0.3 is 5.97 Å². The van der Waals surface area contributed by atoms with Gasteiger partial charge in [-0.25, -0.2) is 4.79 Å². The van der Waals surface area contributed by atoms with Crippen LogP contribution in [0.4, 0.5) is 0 Å². The number of esters is 1. The predicted molar refractivity (Wildman–Crippen MR) is 128 cm³/mol. The summed E-state index contributed by atoms with van der Waals surface area (Å²) in [7, 11) is 0.